The summed E-state index contributed by atoms with van der Waals surface area (Å²) in [6.07, 6.45) is -4.41. The van der Waals surface area contributed by atoms with Gasteiger partial charge in [0.1, 0.15) is 0 Å². The summed E-state index contributed by atoms with van der Waals surface area (Å²) in [5.41, 5.74) is 0.320. The zero-order chi connectivity index (χ0) is 22.8. The molecule has 1 aliphatic rings. The molecule has 1 N–H and O–H groups in total. The van der Waals surface area contributed by atoms with E-state index >= 15 is 0 Å². The number of nitrogens with one attached hydrogen (secondary N) is 1. The van der Waals surface area contributed by atoms with E-state index in [1.54, 1.807) is 31.2 Å². The number of esters is 1. The van der Waals surface area contributed by atoms with Crippen molar-refractivity contribution < 1.29 is 27.5 Å². The van der Waals surface area contributed by atoms with Gasteiger partial charge in [0.25, 0.3) is 0 Å². The average molecular weight is 429 g/mol. The van der Waals surface area contributed by atoms with Gasteiger partial charge in [-0.2, -0.15) is 18.4 Å². The summed E-state index contributed by atoms with van der Waals surface area (Å²) in [4.78, 5) is 26.7. The molecule has 2 aromatic rings. The highest BCUT2D eigenvalue weighted by Crippen LogP contribution is 2.38. The third-order valence-electron chi connectivity index (χ3n) is 4.89. The number of hydrogen-bond donors (Lipinski definition) is 1. The first-order valence-electron chi connectivity index (χ1n) is 9.30. The first-order chi connectivity index (χ1) is 14.7. The van der Waals surface area contributed by atoms with Gasteiger partial charge in [0.05, 0.1) is 41.6 Å². The topological polar surface area (TPSA) is 82.4 Å². The van der Waals surface area contributed by atoms with E-state index in [4.69, 9.17) is 10.00 Å². The van der Waals surface area contributed by atoms with E-state index in [1.165, 1.54) is 19.2 Å². The largest absolute Gasteiger partial charge is 0.466 e. The third-order valence-corrected chi connectivity index (χ3v) is 4.89. The Labute approximate surface area is 176 Å². The molecule has 1 unspecified atom stereocenters. The van der Waals surface area contributed by atoms with Crippen molar-refractivity contribution in [1.29, 1.82) is 5.26 Å². The van der Waals surface area contributed by atoms with Crippen LogP contribution in [0.15, 0.2) is 59.8 Å². The van der Waals surface area contributed by atoms with Gasteiger partial charge in [0, 0.05) is 5.70 Å². The fraction of sp³-hybridized carbons (Fsp3) is 0.227. The number of benzene rings is 2. The molecule has 0 saturated heterocycles. The number of rotatable bonds is 4. The lowest BCUT2D eigenvalue weighted by Crippen LogP contribution is -2.48. The highest BCUT2D eigenvalue weighted by Gasteiger charge is 2.39. The lowest BCUT2D eigenvalue weighted by Gasteiger charge is -2.36. The van der Waals surface area contributed by atoms with Gasteiger partial charge in [-0.05, 0) is 42.3 Å². The van der Waals surface area contributed by atoms with Gasteiger partial charge >= 0.3 is 18.2 Å². The number of halogens is 3. The van der Waals surface area contributed by atoms with Crippen molar-refractivity contribution in [3.8, 4) is 6.07 Å². The maximum Gasteiger partial charge on any atom is 0.416 e. The van der Waals surface area contributed by atoms with E-state index in [2.05, 4.69) is 5.32 Å². The standard InChI is InChI=1S/C22H18F3N3O3/c1-3-17-18(20(29)31-2)19(14-9-7-13(12-26)8-10-14)27-21(30)28(17)16-6-4-5-15(11-16)22(23,24)25/h4-11,19H,3H2,1-2H3,(H,27,30). The Morgan fingerprint density at radius 2 is 1.90 bits per heavy atom. The molecule has 0 radical (unpaired) electrons. The molecule has 1 heterocycles. The van der Waals surface area contributed by atoms with Crippen LogP contribution in [0.2, 0.25) is 0 Å². The Hall–Kier alpha value is -3.80. The first-order valence-corrected chi connectivity index (χ1v) is 9.30. The second-order valence-electron chi connectivity index (χ2n) is 6.71. The van der Waals surface area contributed by atoms with E-state index in [0.29, 0.717) is 11.1 Å². The maximum atomic E-state index is 13.2. The van der Waals surface area contributed by atoms with Gasteiger partial charge in [-0.15, -0.1) is 0 Å². The molecular weight excluding hydrogens is 411 g/mol. The monoisotopic (exact) mass is 429 g/mol. The Bertz CT molecular complexity index is 1090. The molecule has 1 aliphatic heterocycles. The molecule has 0 spiro atoms. The minimum absolute atomic E-state index is 0.0242. The van der Waals surface area contributed by atoms with Crippen molar-refractivity contribution >= 4 is 17.7 Å². The fourth-order valence-electron chi connectivity index (χ4n) is 3.46. The number of carbonyl (C=O) groups excluding carboxylic acids is 2. The molecule has 0 saturated carbocycles. The molecule has 3 rings (SSSR count). The van der Waals surface area contributed by atoms with Crippen molar-refractivity contribution in [3.63, 3.8) is 0 Å². The van der Waals surface area contributed by atoms with Gasteiger partial charge in [-0.25, -0.2) is 9.59 Å². The molecular formula is C22H18F3N3O3. The average Bonchev–Trinajstić information content (AvgIpc) is 2.77. The highest BCUT2D eigenvalue weighted by molar-refractivity contribution is 6.03. The Kier molecular flexibility index (Phi) is 6.02. The van der Waals surface area contributed by atoms with Crippen molar-refractivity contribution in [3.05, 3.63) is 76.5 Å². The molecule has 0 aliphatic carbocycles. The van der Waals surface area contributed by atoms with Crippen LogP contribution in [0.25, 0.3) is 0 Å². The molecule has 6 nitrogen and oxygen atoms in total. The van der Waals surface area contributed by atoms with Gasteiger partial charge < -0.3 is 10.1 Å². The summed E-state index contributed by atoms with van der Waals surface area (Å²) in [5, 5.41) is 11.7. The van der Waals surface area contributed by atoms with Gasteiger partial charge in [0.2, 0.25) is 0 Å². The van der Waals surface area contributed by atoms with Crippen LogP contribution in [0.3, 0.4) is 0 Å². The molecule has 0 fully saturated rings. The van der Waals surface area contributed by atoms with Crippen LogP contribution in [0.1, 0.15) is 36.1 Å². The third kappa shape index (κ3) is 4.23. The fourth-order valence-corrected chi connectivity index (χ4v) is 3.46. The van der Waals surface area contributed by atoms with Gasteiger partial charge in [-0.1, -0.05) is 25.1 Å². The van der Waals surface area contributed by atoms with Crippen LogP contribution in [-0.2, 0) is 15.7 Å². The predicted octanol–water partition coefficient (Wildman–Crippen LogP) is 4.69. The van der Waals surface area contributed by atoms with Crippen LogP contribution in [0.5, 0.6) is 0 Å². The number of nitrogens with zero attached hydrogens (tertiary/aromatic N) is 2. The number of nitriles is 1. The number of allylic oxidation sites excluding steroid dienone is 1. The second-order valence-corrected chi connectivity index (χ2v) is 6.71. The summed E-state index contributed by atoms with van der Waals surface area (Å²) < 4.78 is 44.5. The summed E-state index contributed by atoms with van der Waals surface area (Å²) >= 11 is 0. The predicted molar refractivity (Wildman–Crippen MR) is 106 cm³/mol. The van der Waals surface area contributed by atoms with Gasteiger partial charge in [0.15, 0.2) is 0 Å². The van der Waals surface area contributed by atoms with Crippen LogP contribution in [0.4, 0.5) is 23.7 Å². The molecule has 2 amide bonds. The number of ether oxygens (including phenoxy) is 1. The van der Waals surface area contributed by atoms with Crippen molar-refractivity contribution in [2.24, 2.45) is 0 Å². The Balaban J connectivity index is 2.18. The van der Waals surface area contributed by atoms with E-state index in [-0.39, 0.29) is 23.4 Å². The number of alkyl halides is 3. The van der Waals surface area contributed by atoms with Crippen LogP contribution < -0.4 is 10.2 Å². The summed E-state index contributed by atoms with van der Waals surface area (Å²) in [7, 11) is 1.18. The number of methoxy groups -OCH3 is 1. The second kappa shape index (κ2) is 8.52. The van der Waals surface area contributed by atoms with Gasteiger partial charge in [-0.3, -0.25) is 4.90 Å². The van der Waals surface area contributed by atoms with E-state index < -0.39 is 29.8 Å². The highest BCUT2D eigenvalue weighted by atomic mass is 19.4. The quantitative estimate of drug-likeness (QED) is 0.715. The SMILES string of the molecule is CCC1=C(C(=O)OC)C(c2ccc(C#N)cc2)NC(=O)N1c1cccc(C(F)(F)F)c1. The van der Waals surface area contributed by atoms with Crippen LogP contribution >= 0.6 is 0 Å². The first kappa shape index (κ1) is 21.9. The van der Waals surface area contributed by atoms with Crippen molar-refractivity contribution in [1.82, 2.24) is 5.32 Å². The van der Waals surface area contributed by atoms with Crippen LogP contribution in [0, 0.1) is 11.3 Å². The van der Waals surface area contributed by atoms with E-state index in [0.717, 1.165) is 17.0 Å². The zero-order valence-corrected chi connectivity index (χ0v) is 16.7. The normalized spacial score (nSPS) is 16.6. The molecule has 9 heteroatoms. The Morgan fingerprint density at radius 1 is 1.23 bits per heavy atom. The lowest BCUT2D eigenvalue weighted by atomic mass is 9.92. The number of urea groups is 1. The van der Waals surface area contributed by atoms with E-state index in [1.807, 2.05) is 6.07 Å². The number of anilines is 1. The van der Waals surface area contributed by atoms with Crippen LogP contribution in [-0.4, -0.2) is 19.1 Å². The van der Waals surface area contributed by atoms with E-state index in [9.17, 15) is 22.8 Å². The lowest BCUT2D eigenvalue weighted by molar-refractivity contribution is -0.138. The molecule has 1 atom stereocenters. The zero-order valence-electron chi connectivity index (χ0n) is 16.7. The molecule has 31 heavy (non-hydrogen) atoms. The minimum Gasteiger partial charge on any atom is -0.466 e. The van der Waals surface area contributed by atoms with Crippen molar-refractivity contribution in [2.45, 2.75) is 25.6 Å². The summed E-state index contributed by atoms with van der Waals surface area (Å²) in [6, 6.07) is 11.0. The Morgan fingerprint density at radius 3 is 2.45 bits per heavy atom. The molecule has 0 aromatic heterocycles. The molecule has 2 aromatic carbocycles. The maximum absolute atomic E-state index is 13.2. The number of hydrogen-bond acceptors (Lipinski definition) is 4. The molecule has 0 bridgehead atoms. The molecule has 160 valence electrons. The summed E-state index contributed by atoms with van der Waals surface area (Å²) in [6.45, 7) is 1.69. The number of amides is 2. The summed E-state index contributed by atoms with van der Waals surface area (Å²) in [5.74, 6) is -0.719. The van der Waals surface area contributed by atoms with Crippen molar-refractivity contribution in [2.75, 3.05) is 12.0 Å². The number of carbonyl (C=O) groups is 2. The smallest absolute Gasteiger partial charge is 0.416 e. The minimum atomic E-state index is -4.59.